The van der Waals surface area contributed by atoms with Gasteiger partial charge in [0, 0.05) is 10.0 Å². The Labute approximate surface area is 132 Å². The summed E-state index contributed by atoms with van der Waals surface area (Å²) < 4.78 is 1.02. The molecule has 0 heterocycles. The smallest absolute Gasteiger partial charge is 0.150 e. The van der Waals surface area contributed by atoms with Gasteiger partial charge in [0.05, 0.1) is 0 Å². The van der Waals surface area contributed by atoms with E-state index in [2.05, 4.69) is 35.0 Å². The molecule has 1 aliphatic rings. The average molecular weight is 339 g/mol. The molecule has 112 valence electrons. The van der Waals surface area contributed by atoms with E-state index in [0.717, 1.165) is 34.2 Å². The van der Waals surface area contributed by atoms with E-state index >= 15 is 0 Å². The highest BCUT2D eigenvalue weighted by atomic mass is 79.9. The normalized spacial score (nSPS) is 13.1. The summed E-state index contributed by atoms with van der Waals surface area (Å²) in [5.41, 5.74) is 1.87. The molecule has 0 spiro atoms. The molecule has 0 bridgehead atoms. The lowest BCUT2D eigenvalue weighted by Gasteiger charge is -2.02. The van der Waals surface area contributed by atoms with E-state index < -0.39 is 0 Å². The first-order chi connectivity index (χ1) is 9.72. The van der Waals surface area contributed by atoms with Crippen molar-refractivity contribution in [3.63, 3.8) is 0 Å². The highest BCUT2D eigenvalue weighted by molar-refractivity contribution is 9.10. The second kappa shape index (κ2) is 11.9. The summed E-state index contributed by atoms with van der Waals surface area (Å²) in [7, 11) is 0. The van der Waals surface area contributed by atoms with Crippen LogP contribution < -0.4 is 0 Å². The molecule has 0 aliphatic heterocycles. The minimum absolute atomic E-state index is 0.780. The van der Waals surface area contributed by atoms with E-state index in [1.54, 1.807) is 0 Å². The molecule has 1 nitrogen and oxygen atoms in total. The van der Waals surface area contributed by atoms with Crippen LogP contribution in [0, 0.1) is 5.92 Å². The van der Waals surface area contributed by atoms with Crippen LogP contribution >= 0.6 is 15.9 Å². The van der Waals surface area contributed by atoms with Crippen molar-refractivity contribution in [1.82, 2.24) is 0 Å². The molecule has 0 amide bonds. The zero-order chi connectivity index (χ0) is 15.4. The second-order valence-electron chi connectivity index (χ2n) is 4.50. The lowest BCUT2D eigenvalue weighted by atomic mass is 10.1. The van der Waals surface area contributed by atoms with Gasteiger partial charge in [-0.25, -0.2) is 0 Å². The Morgan fingerprint density at radius 2 is 1.80 bits per heavy atom. The third kappa shape index (κ3) is 6.51. The molecule has 0 aromatic heterocycles. The zero-order valence-electron chi connectivity index (χ0n) is 13.2. The fourth-order valence-electron chi connectivity index (χ4n) is 2.07. The number of halogens is 1. The summed E-state index contributed by atoms with van der Waals surface area (Å²) in [6.07, 6.45) is 10.4. The summed E-state index contributed by atoms with van der Waals surface area (Å²) in [4.78, 5) is 10.5. The van der Waals surface area contributed by atoms with Crippen LogP contribution in [0.2, 0.25) is 0 Å². The average Bonchev–Trinajstić information content (AvgIpc) is 3.03. The van der Waals surface area contributed by atoms with E-state index in [-0.39, 0.29) is 0 Å². The molecule has 0 atom stereocenters. The van der Waals surface area contributed by atoms with Gasteiger partial charge in [-0.15, -0.1) is 0 Å². The number of carbonyl (C=O) groups excluding carboxylic acids is 1. The van der Waals surface area contributed by atoms with E-state index in [4.69, 9.17) is 0 Å². The first kappa shape index (κ1) is 19.1. The Bertz CT molecular complexity index is 402. The van der Waals surface area contributed by atoms with Crippen LogP contribution in [0.3, 0.4) is 0 Å². The lowest BCUT2D eigenvalue weighted by Crippen LogP contribution is -1.90. The Balaban J connectivity index is 0.000000345. The molecule has 0 saturated carbocycles. The number of hydrogen-bond acceptors (Lipinski definition) is 1. The van der Waals surface area contributed by atoms with Crippen molar-refractivity contribution in [3.05, 3.63) is 46.0 Å². The van der Waals surface area contributed by atoms with Gasteiger partial charge in [0.25, 0.3) is 0 Å². The van der Waals surface area contributed by atoms with Gasteiger partial charge in [0.2, 0.25) is 0 Å². The van der Waals surface area contributed by atoms with E-state index in [1.807, 2.05) is 39.0 Å². The van der Waals surface area contributed by atoms with Crippen molar-refractivity contribution in [2.45, 2.75) is 53.4 Å². The van der Waals surface area contributed by atoms with Gasteiger partial charge in [-0.2, -0.15) is 0 Å². The number of allylic oxidation sites excluding steroid dienone is 2. The molecule has 1 aromatic carbocycles. The molecule has 0 unspecified atom stereocenters. The maximum Gasteiger partial charge on any atom is 0.150 e. The molecule has 0 saturated heterocycles. The quantitative estimate of drug-likeness (QED) is 0.472. The summed E-state index contributed by atoms with van der Waals surface area (Å²) >= 11 is 3.39. The number of rotatable bonds is 3. The van der Waals surface area contributed by atoms with Crippen molar-refractivity contribution in [1.29, 1.82) is 0 Å². The van der Waals surface area contributed by atoms with Crippen molar-refractivity contribution in [2.75, 3.05) is 0 Å². The SMILES string of the molecule is CC.CCC1CC=CC1.CCc1c(Br)cccc1C=O. The van der Waals surface area contributed by atoms with Gasteiger partial charge >= 0.3 is 0 Å². The first-order valence-corrected chi connectivity index (χ1v) is 8.39. The monoisotopic (exact) mass is 338 g/mol. The van der Waals surface area contributed by atoms with Crippen LogP contribution in [0.4, 0.5) is 0 Å². The summed E-state index contributed by atoms with van der Waals surface area (Å²) in [5, 5.41) is 0. The molecule has 20 heavy (non-hydrogen) atoms. The molecule has 0 N–H and O–H groups in total. The number of hydrogen-bond donors (Lipinski definition) is 0. The Hall–Kier alpha value is -0.890. The van der Waals surface area contributed by atoms with E-state index in [0.29, 0.717) is 0 Å². The standard InChI is InChI=1S/C9H9BrO.C7H12.C2H6/c1-2-8-7(6-11)4-3-5-9(8)10;1-2-7-5-3-4-6-7;1-2/h3-6H,2H2,1H3;3-4,7H,2,5-6H2,1H3;1-2H3. The topological polar surface area (TPSA) is 17.1 Å². The van der Waals surface area contributed by atoms with Crippen LogP contribution in [0.5, 0.6) is 0 Å². The second-order valence-corrected chi connectivity index (χ2v) is 5.35. The predicted molar refractivity (Wildman–Crippen MR) is 92.4 cm³/mol. The minimum Gasteiger partial charge on any atom is -0.298 e. The first-order valence-electron chi connectivity index (χ1n) is 7.60. The predicted octanol–water partition coefficient (Wildman–Crippen LogP) is 6.21. The van der Waals surface area contributed by atoms with Gasteiger partial charge in [0.15, 0.2) is 0 Å². The Morgan fingerprint density at radius 3 is 2.15 bits per heavy atom. The van der Waals surface area contributed by atoms with Crippen molar-refractivity contribution < 1.29 is 4.79 Å². The van der Waals surface area contributed by atoms with Gasteiger partial charge in [0.1, 0.15) is 6.29 Å². The maximum atomic E-state index is 10.5. The Kier molecular flexibility index (Phi) is 11.4. The van der Waals surface area contributed by atoms with Crippen molar-refractivity contribution in [2.24, 2.45) is 5.92 Å². The molecule has 2 heteroatoms. The summed E-state index contributed by atoms with van der Waals surface area (Å²) in [5.74, 6) is 0.986. The van der Waals surface area contributed by atoms with Crippen molar-refractivity contribution in [3.8, 4) is 0 Å². The van der Waals surface area contributed by atoms with Crippen LogP contribution in [0.15, 0.2) is 34.8 Å². The van der Waals surface area contributed by atoms with Crippen LogP contribution in [0.1, 0.15) is 62.9 Å². The highest BCUT2D eigenvalue weighted by Crippen LogP contribution is 2.20. The molecular formula is C18H27BrO. The molecule has 0 fully saturated rings. The molecular weight excluding hydrogens is 312 g/mol. The lowest BCUT2D eigenvalue weighted by molar-refractivity contribution is 0.112. The van der Waals surface area contributed by atoms with Gasteiger partial charge in [-0.05, 0) is 36.8 Å². The third-order valence-corrected chi connectivity index (χ3v) is 4.06. The van der Waals surface area contributed by atoms with Gasteiger partial charge in [-0.1, -0.05) is 74.3 Å². The zero-order valence-corrected chi connectivity index (χ0v) is 14.7. The van der Waals surface area contributed by atoms with Crippen LogP contribution in [0.25, 0.3) is 0 Å². The fraction of sp³-hybridized carbons (Fsp3) is 0.500. The molecule has 1 aliphatic carbocycles. The van der Waals surface area contributed by atoms with Crippen molar-refractivity contribution >= 4 is 22.2 Å². The minimum atomic E-state index is 0.780. The van der Waals surface area contributed by atoms with E-state index in [1.165, 1.54) is 19.3 Å². The Morgan fingerprint density at radius 1 is 1.20 bits per heavy atom. The van der Waals surface area contributed by atoms with Crippen LogP contribution in [-0.4, -0.2) is 6.29 Å². The highest BCUT2D eigenvalue weighted by Gasteiger charge is 2.05. The fourth-order valence-corrected chi connectivity index (χ4v) is 2.73. The third-order valence-electron chi connectivity index (χ3n) is 3.32. The number of aldehydes is 1. The molecule has 1 aromatic rings. The summed E-state index contributed by atoms with van der Waals surface area (Å²) in [6, 6.07) is 5.65. The number of carbonyl (C=O) groups is 1. The maximum absolute atomic E-state index is 10.5. The van der Waals surface area contributed by atoms with Gasteiger partial charge < -0.3 is 0 Å². The van der Waals surface area contributed by atoms with Gasteiger partial charge in [-0.3, -0.25) is 4.79 Å². The molecule has 0 radical (unpaired) electrons. The van der Waals surface area contributed by atoms with Crippen LogP contribution in [-0.2, 0) is 6.42 Å². The number of benzene rings is 1. The summed E-state index contributed by atoms with van der Waals surface area (Å²) in [6.45, 7) is 8.30. The molecule has 2 rings (SSSR count). The van der Waals surface area contributed by atoms with E-state index in [9.17, 15) is 4.79 Å². The largest absolute Gasteiger partial charge is 0.298 e.